The highest BCUT2D eigenvalue weighted by atomic mass is 35.5. The van der Waals surface area contributed by atoms with E-state index < -0.39 is 0 Å². The van der Waals surface area contributed by atoms with Crippen molar-refractivity contribution in [3.05, 3.63) is 34.6 Å². The van der Waals surface area contributed by atoms with Crippen LogP contribution < -0.4 is 4.74 Å². The molecule has 0 saturated carbocycles. The summed E-state index contributed by atoms with van der Waals surface area (Å²) in [7, 11) is 0. The van der Waals surface area contributed by atoms with Gasteiger partial charge in [0.15, 0.2) is 5.82 Å². The predicted molar refractivity (Wildman–Crippen MR) is 71.0 cm³/mol. The van der Waals surface area contributed by atoms with E-state index in [0.29, 0.717) is 10.8 Å². The SMILES string of the molecule is CC(C)Oc1nc(Cl)nc(-c2ccc(Cl)cc2)n1. The number of rotatable bonds is 3. The third-order valence-corrected chi connectivity index (χ3v) is 2.45. The van der Waals surface area contributed by atoms with E-state index in [1.54, 1.807) is 12.1 Å². The van der Waals surface area contributed by atoms with Crippen LogP contribution in [0.15, 0.2) is 24.3 Å². The molecule has 94 valence electrons. The average molecular weight is 284 g/mol. The van der Waals surface area contributed by atoms with Gasteiger partial charge in [-0.1, -0.05) is 11.6 Å². The summed E-state index contributed by atoms with van der Waals surface area (Å²) in [6, 6.07) is 7.37. The van der Waals surface area contributed by atoms with Crippen LogP contribution in [0.4, 0.5) is 0 Å². The number of halogens is 2. The van der Waals surface area contributed by atoms with Gasteiger partial charge < -0.3 is 4.74 Å². The number of nitrogens with zero attached hydrogens (tertiary/aromatic N) is 3. The minimum atomic E-state index is -0.0264. The summed E-state index contributed by atoms with van der Waals surface area (Å²) in [6.45, 7) is 3.78. The van der Waals surface area contributed by atoms with Crippen molar-refractivity contribution in [2.24, 2.45) is 0 Å². The van der Waals surface area contributed by atoms with Gasteiger partial charge in [-0.25, -0.2) is 0 Å². The molecule has 6 heteroatoms. The molecule has 0 bridgehead atoms. The number of hydrogen-bond acceptors (Lipinski definition) is 4. The standard InChI is InChI=1S/C12H11Cl2N3O/c1-7(2)18-12-16-10(15-11(14)17-12)8-3-5-9(13)6-4-8/h3-7H,1-2H3. The lowest BCUT2D eigenvalue weighted by atomic mass is 10.2. The maximum absolute atomic E-state index is 5.85. The summed E-state index contributed by atoms with van der Waals surface area (Å²) in [6.07, 6.45) is -0.0264. The lowest BCUT2D eigenvalue weighted by Gasteiger charge is -2.08. The Morgan fingerprint density at radius 3 is 2.28 bits per heavy atom. The van der Waals surface area contributed by atoms with Gasteiger partial charge in [-0.15, -0.1) is 0 Å². The van der Waals surface area contributed by atoms with Crippen molar-refractivity contribution in [1.82, 2.24) is 15.0 Å². The van der Waals surface area contributed by atoms with Crippen molar-refractivity contribution in [3.63, 3.8) is 0 Å². The molecule has 2 aromatic rings. The van der Waals surface area contributed by atoms with Crippen LogP contribution >= 0.6 is 23.2 Å². The third-order valence-electron chi connectivity index (χ3n) is 2.03. The minimum Gasteiger partial charge on any atom is -0.461 e. The first-order valence-corrected chi connectivity index (χ1v) is 6.14. The predicted octanol–water partition coefficient (Wildman–Crippen LogP) is 3.63. The lowest BCUT2D eigenvalue weighted by molar-refractivity contribution is 0.222. The summed E-state index contributed by atoms with van der Waals surface area (Å²) in [4.78, 5) is 12.2. The number of aromatic nitrogens is 3. The van der Waals surface area contributed by atoms with Crippen molar-refractivity contribution in [1.29, 1.82) is 0 Å². The highest BCUT2D eigenvalue weighted by Gasteiger charge is 2.09. The Morgan fingerprint density at radius 2 is 1.67 bits per heavy atom. The van der Waals surface area contributed by atoms with Gasteiger partial charge in [-0.05, 0) is 49.7 Å². The zero-order chi connectivity index (χ0) is 13.1. The van der Waals surface area contributed by atoms with Gasteiger partial charge in [0.2, 0.25) is 5.28 Å². The number of benzene rings is 1. The van der Waals surface area contributed by atoms with Crippen molar-refractivity contribution < 1.29 is 4.74 Å². The minimum absolute atomic E-state index is 0.0264. The smallest absolute Gasteiger partial charge is 0.321 e. The van der Waals surface area contributed by atoms with Gasteiger partial charge >= 0.3 is 6.01 Å². The van der Waals surface area contributed by atoms with Gasteiger partial charge in [0.05, 0.1) is 6.10 Å². The van der Waals surface area contributed by atoms with E-state index in [2.05, 4.69) is 15.0 Å². The molecule has 0 aliphatic rings. The van der Waals surface area contributed by atoms with Gasteiger partial charge in [-0.2, -0.15) is 15.0 Å². The summed E-state index contributed by atoms with van der Waals surface area (Å²) in [5, 5.41) is 0.753. The van der Waals surface area contributed by atoms with Crippen LogP contribution in [-0.2, 0) is 0 Å². The zero-order valence-corrected chi connectivity index (χ0v) is 11.4. The van der Waals surface area contributed by atoms with Crippen LogP contribution in [0, 0.1) is 0 Å². The van der Waals surface area contributed by atoms with Crippen LogP contribution in [-0.4, -0.2) is 21.1 Å². The Kier molecular flexibility index (Phi) is 3.99. The molecule has 18 heavy (non-hydrogen) atoms. The van der Waals surface area contributed by atoms with Crippen molar-refractivity contribution in [2.45, 2.75) is 20.0 Å². The Morgan fingerprint density at radius 1 is 1.00 bits per heavy atom. The number of ether oxygens (including phenoxy) is 1. The second-order valence-corrected chi connectivity index (χ2v) is 4.66. The topological polar surface area (TPSA) is 47.9 Å². The van der Waals surface area contributed by atoms with E-state index >= 15 is 0 Å². The fraction of sp³-hybridized carbons (Fsp3) is 0.250. The second-order valence-electron chi connectivity index (χ2n) is 3.88. The molecule has 1 heterocycles. The van der Waals surface area contributed by atoms with Crippen LogP contribution in [0.25, 0.3) is 11.4 Å². The molecule has 0 fully saturated rings. The molecule has 0 atom stereocenters. The van der Waals surface area contributed by atoms with Gasteiger partial charge in [0.25, 0.3) is 0 Å². The molecule has 4 nitrogen and oxygen atoms in total. The molecule has 0 saturated heterocycles. The molecule has 1 aromatic carbocycles. The van der Waals surface area contributed by atoms with E-state index in [0.717, 1.165) is 5.56 Å². The molecule has 0 spiro atoms. The summed E-state index contributed by atoms with van der Waals surface area (Å²) >= 11 is 11.7. The molecule has 2 rings (SSSR count). The Balaban J connectivity index is 2.38. The Hall–Kier alpha value is -1.39. The quantitative estimate of drug-likeness (QED) is 0.863. The normalized spacial score (nSPS) is 10.7. The zero-order valence-electron chi connectivity index (χ0n) is 9.89. The Labute approximate surface area is 115 Å². The average Bonchev–Trinajstić information content (AvgIpc) is 2.28. The van der Waals surface area contributed by atoms with Crippen LogP contribution in [0.5, 0.6) is 6.01 Å². The molecule has 0 radical (unpaired) electrons. The van der Waals surface area contributed by atoms with Crippen molar-refractivity contribution in [2.75, 3.05) is 0 Å². The lowest BCUT2D eigenvalue weighted by Crippen LogP contribution is -2.09. The summed E-state index contributed by atoms with van der Waals surface area (Å²) in [5.41, 5.74) is 0.803. The van der Waals surface area contributed by atoms with E-state index in [1.165, 1.54) is 0 Å². The van der Waals surface area contributed by atoms with Gasteiger partial charge in [0.1, 0.15) is 0 Å². The van der Waals surface area contributed by atoms with Crippen LogP contribution in [0.3, 0.4) is 0 Å². The molecular weight excluding hydrogens is 273 g/mol. The van der Waals surface area contributed by atoms with Crippen molar-refractivity contribution in [3.8, 4) is 17.4 Å². The maximum atomic E-state index is 5.85. The van der Waals surface area contributed by atoms with E-state index in [9.17, 15) is 0 Å². The van der Waals surface area contributed by atoms with Crippen LogP contribution in [0.2, 0.25) is 10.3 Å². The fourth-order valence-corrected chi connectivity index (χ4v) is 1.60. The third kappa shape index (κ3) is 3.31. The summed E-state index contributed by atoms with van der Waals surface area (Å²) < 4.78 is 5.41. The molecule has 0 aliphatic heterocycles. The van der Waals surface area contributed by atoms with E-state index in [-0.39, 0.29) is 17.4 Å². The fourth-order valence-electron chi connectivity index (χ4n) is 1.32. The van der Waals surface area contributed by atoms with E-state index in [1.807, 2.05) is 26.0 Å². The van der Waals surface area contributed by atoms with Gasteiger partial charge in [0, 0.05) is 10.6 Å². The summed E-state index contributed by atoms with van der Waals surface area (Å²) in [5.74, 6) is 0.460. The Bertz CT molecular complexity index is 544. The first kappa shape index (κ1) is 13.1. The first-order chi connectivity index (χ1) is 8.54. The monoisotopic (exact) mass is 283 g/mol. The first-order valence-electron chi connectivity index (χ1n) is 5.39. The second kappa shape index (κ2) is 5.50. The highest BCUT2D eigenvalue weighted by Crippen LogP contribution is 2.21. The van der Waals surface area contributed by atoms with Crippen LogP contribution in [0.1, 0.15) is 13.8 Å². The maximum Gasteiger partial charge on any atom is 0.321 e. The largest absolute Gasteiger partial charge is 0.461 e. The highest BCUT2D eigenvalue weighted by molar-refractivity contribution is 6.30. The molecular formula is C12H11Cl2N3O. The van der Waals surface area contributed by atoms with Gasteiger partial charge in [-0.3, -0.25) is 0 Å². The van der Waals surface area contributed by atoms with Crippen molar-refractivity contribution >= 4 is 23.2 Å². The molecule has 0 amide bonds. The molecule has 0 aliphatic carbocycles. The molecule has 0 N–H and O–H groups in total. The van der Waals surface area contributed by atoms with E-state index in [4.69, 9.17) is 27.9 Å². The number of hydrogen-bond donors (Lipinski definition) is 0. The molecule has 1 aromatic heterocycles. The molecule has 0 unspecified atom stereocenters.